The Kier molecular flexibility index (Phi) is 4.76. The molecule has 33 heavy (non-hydrogen) atoms. The highest BCUT2D eigenvalue weighted by Crippen LogP contribution is 2.30. The number of hydrogen-bond donors (Lipinski definition) is 0. The lowest BCUT2D eigenvalue weighted by Crippen LogP contribution is -2.28. The molecule has 9 heteroatoms. The third-order valence-electron chi connectivity index (χ3n) is 6.14. The smallest absolute Gasteiger partial charge is 0.297 e. The van der Waals surface area contributed by atoms with Crippen molar-refractivity contribution >= 4 is 10.9 Å². The van der Waals surface area contributed by atoms with Gasteiger partial charge < -0.3 is 4.74 Å². The first-order valence-electron chi connectivity index (χ1n) is 10.9. The molecule has 1 aromatic heterocycles. The van der Waals surface area contributed by atoms with Crippen molar-refractivity contribution in [2.45, 2.75) is 25.4 Å². The van der Waals surface area contributed by atoms with Gasteiger partial charge in [-0.2, -0.15) is 15.3 Å². The van der Waals surface area contributed by atoms with E-state index in [1.165, 1.54) is 10.7 Å². The molecule has 0 atom stereocenters. The van der Waals surface area contributed by atoms with Crippen molar-refractivity contribution in [1.82, 2.24) is 29.3 Å². The summed E-state index contributed by atoms with van der Waals surface area (Å²) in [5.74, 6) is -0.417. The SMILES string of the molecule is O=c1c2nn(Cc3ccc(-n4cccn4)cc3)c3cccc(F)c3c-2nn1C1CCOCC1. The Labute approximate surface area is 188 Å². The van der Waals surface area contributed by atoms with Crippen LogP contribution in [0.2, 0.25) is 0 Å². The van der Waals surface area contributed by atoms with Gasteiger partial charge in [-0.25, -0.2) is 13.8 Å². The highest BCUT2D eigenvalue weighted by molar-refractivity contribution is 5.92. The predicted molar refractivity (Wildman–Crippen MR) is 120 cm³/mol. The molecule has 3 aromatic rings. The molecule has 1 saturated heterocycles. The summed E-state index contributed by atoms with van der Waals surface area (Å²) < 4.78 is 25.3. The highest BCUT2D eigenvalue weighted by Gasteiger charge is 2.28. The first kappa shape index (κ1) is 19.8. The van der Waals surface area contributed by atoms with Gasteiger partial charge in [0.2, 0.25) is 0 Å². The number of hydrogen-bond acceptors (Lipinski definition) is 5. The lowest BCUT2D eigenvalue weighted by atomic mass is 10.1. The zero-order chi connectivity index (χ0) is 22.4. The van der Waals surface area contributed by atoms with Crippen molar-refractivity contribution < 1.29 is 9.13 Å². The second kappa shape index (κ2) is 7.93. The van der Waals surface area contributed by atoms with Gasteiger partial charge in [0.15, 0.2) is 5.69 Å². The molecule has 3 aliphatic rings. The van der Waals surface area contributed by atoms with Crippen LogP contribution >= 0.6 is 0 Å². The molecule has 0 N–H and O–H groups in total. The van der Waals surface area contributed by atoms with Crippen LogP contribution in [0.5, 0.6) is 0 Å². The molecular weight excluding hydrogens is 423 g/mol. The number of aromatic nitrogens is 6. The Morgan fingerprint density at radius 3 is 2.58 bits per heavy atom. The Balaban J connectivity index is 1.46. The molecule has 2 aromatic carbocycles. The van der Waals surface area contributed by atoms with E-state index in [1.54, 1.807) is 27.7 Å². The summed E-state index contributed by atoms with van der Waals surface area (Å²) in [5.41, 5.74) is 2.71. The number of halogens is 1. The third kappa shape index (κ3) is 3.41. The molecule has 0 saturated carbocycles. The number of ether oxygens (including phenoxy) is 1. The minimum atomic E-state index is -0.417. The van der Waals surface area contributed by atoms with E-state index < -0.39 is 5.82 Å². The summed E-state index contributed by atoms with van der Waals surface area (Å²) in [6.07, 6.45) is 5.00. The maximum atomic E-state index is 15.0. The van der Waals surface area contributed by atoms with E-state index in [1.807, 2.05) is 36.5 Å². The van der Waals surface area contributed by atoms with Gasteiger partial charge in [-0.3, -0.25) is 9.48 Å². The Morgan fingerprint density at radius 2 is 1.82 bits per heavy atom. The van der Waals surface area contributed by atoms with Gasteiger partial charge >= 0.3 is 0 Å². The van der Waals surface area contributed by atoms with Gasteiger partial charge in [0.05, 0.1) is 29.2 Å². The van der Waals surface area contributed by atoms with E-state index in [9.17, 15) is 4.79 Å². The molecule has 4 heterocycles. The lowest BCUT2D eigenvalue weighted by Gasteiger charge is -2.21. The van der Waals surface area contributed by atoms with Gasteiger partial charge in [-0.1, -0.05) is 18.2 Å². The second-order valence-corrected chi connectivity index (χ2v) is 8.20. The standard InChI is InChI=1S/C24H21FN6O2/c25-19-3-1-4-20-21(19)22-23(24(32)31(28-22)18-9-13-33-14-10-18)27-30(20)15-16-5-7-17(8-6-16)29-12-2-11-26-29/h1-8,11-12,18H,9-10,13-15H2. The number of rotatable bonds is 4. The predicted octanol–water partition coefficient (Wildman–Crippen LogP) is 3.42. The Bertz CT molecular complexity index is 1450. The molecule has 0 unspecified atom stereocenters. The zero-order valence-corrected chi connectivity index (χ0v) is 17.8. The van der Waals surface area contributed by atoms with Crippen LogP contribution in [-0.4, -0.2) is 42.6 Å². The second-order valence-electron chi connectivity index (χ2n) is 8.20. The summed E-state index contributed by atoms with van der Waals surface area (Å²) >= 11 is 0. The van der Waals surface area contributed by atoms with Gasteiger partial charge in [-0.05, 0) is 48.7 Å². The topological polar surface area (TPSA) is 79.8 Å². The van der Waals surface area contributed by atoms with Gasteiger partial charge in [-0.15, -0.1) is 0 Å². The van der Waals surface area contributed by atoms with E-state index in [2.05, 4.69) is 15.3 Å². The van der Waals surface area contributed by atoms with Crippen molar-refractivity contribution in [3.63, 3.8) is 0 Å². The molecule has 0 spiro atoms. The number of benzene rings is 2. The van der Waals surface area contributed by atoms with Crippen LogP contribution in [0.25, 0.3) is 28.0 Å². The zero-order valence-electron chi connectivity index (χ0n) is 17.8. The van der Waals surface area contributed by atoms with Crippen molar-refractivity contribution in [2.24, 2.45) is 0 Å². The largest absolute Gasteiger partial charge is 0.381 e. The summed E-state index contributed by atoms with van der Waals surface area (Å²) in [6.45, 7) is 1.55. The number of fused-ring (bicyclic) bond motifs is 3. The van der Waals surface area contributed by atoms with E-state index >= 15 is 4.39 Å². The van der Waals surface area contributed by atoms with Gasteiger partial charge in [0.25, 0.3) is 5.56 Å². The first-order chi connectivity index (χ1) is 16.2. The van der Waals surface area contributed by atoms with E-state index in [4.69, 9.17) is 4.74 Å². The first-order valence-corrected chi connectivity index (χ1v) is 10.9. The molecule has 0 bridgehead atoms. The van der Waals surface area contributed by atoms with Crippen LogP contribution in [0.4, 0.5) is 4.39 Å². The van der Waals surface area contributed by atoms with Crippen molar-refractivity contribution in [3.8, 4) is 17.1 Å². The molecular formula is C24H21FN6O2. The third-order valence-corrected chi connectivity index (χ3v) is 6.14. The maximum absolute atomic E-state index is 15.0. The Morgan fingerprint density at radius 1 is 1.00 bits per heavy atom. The van der Waals surface area contributed by atoms with Gasteiger partial charge in [0.1, 0.15) is 11.5 Å². The van der Waals surface area contributed by atoms with E-state index in [-0.39, 0.29) is 17.3 Å². The molecule has 0 amide bonds. The molecule has 3 aliphatic heterocycles. The fourth-order valence-electron chi connectivity index (χ4n) is 4.45. The summed E-state index contributed by atoms with van der Waals surface area (Å²) in [7, 11) is 0. The fourth-order valence-corrected chi connectivity index (χ4v) is 4.45. The maximum Gasteiger partial charge on any atom is 0.297 e. The highest BCUT2D eigenvalue weighted by atomic mass is 19.1. The molecule has 166 valence electrons. The molecule has 0 aliphatic carbocycles. The van der Waals surface area contributed by atoms with E-state index in [0.717, 1.165) is 11.3 Å². The molecule has 8 nitrogen and oxygen atoms in total. The van der Waals surface area contributed by atoms with Crippen molar-refractivity contribution in [2.75, 3.05) is 13.2 Å². The number of nitrogens with zero attached hydrogens (tertiary/aromatic N) is 6. The molecule has 6 rings (SSSR count). The Hall–Kier alpha value is -3.85. The van der Waals surface area contributed by atoms with Crippen LogP contribution in [-0.2, 0) is 11.3 Å². The van der Waals surface area contributed by atoms with Crippen LogP contribution < -0.4 is 5.56 Å². The molecule has 0 radical (unpaired) electrons. The van der Waals surface area contributed by atoms with Crippen LogP contribution in [0.3, 0.4) is 0 Å². The lowest BCUT2D eigenvalue weighted by molar-refractivity contribution is 0.0655. The van der Waals surface area contributed by atoms with Crippen LogP contribution in [0.1, 0.15) is 24.4 Å². The van der Waals surface area contributed by atoms with Crippen molar-refractivity contribution in [3.05, 3.63) is 82.7 Å². The normalized spacial score (nSPS) is 14.9. The monoisotopic (exact) mass is 444 g/mol. The van der Waals surface area contributed by atoms with Crippen molar-refractivity contribution in [1.29, 1.82) is 0 Å². The quantitative estimate of drug-likeness (QED) is 0.424. The summed E-state index contributed by atoms with van der Waals surface area (Å²) in [5, 5.41) is 13.7. The summed E-state index contributed by atoms with van der Waals surface area (Å²) in [4.78, 5) is 13.2. The van der Waals surface area contributed by atoms with Gasteiger partial charge in [0, 0.05) is 25.6 Å². The van der Waals surface area contributed by atoms with Crippen LogP contribution in [0.15, 0.2) is 65.7 Å². The molecule has 1 fully saturated rings. The van der Waals surface area contributed by atoms with Crippen LogP contribution in [0, 0.1) is 5.82 Å². The average Bonchev–Trinajstić information content (AvgIpc) is 3.49. The van der Waals surface area contributed by atoms with E-state index in [0.29, 0.717) is 49.2 Å². The average molecular weight is 444 g/mol. The minimum Gasteiger partial charge on any atom is -0.381 e. The minimum absolute atomic E-state index is 0.0643. The summed E-state index contributed by atoms with van der Waals surface area (Å²) in [6, 6.07) is 14.5. The fraction of sp³-hybridized carbons (Fsp3) is 0.250.